The molecule has 2 fully saturated rings. The van der Waals surface area contributed by atoms with Gasteiger partial charge in [-0.15, -0.1) is 0 Å². The topological polar surface area (TPSA) is 104 Å². The normalized spacial score (nSPS) is 18.2. The van der Waals surface area contributed by atoms with Crippen molar-refractivity contribution in [3.63, 3.8) is 0 Å². The molecule has 7 aromatic rings. The summed E-state index contributed by atoms with van der Waals surface area (Å²) in [7, 11) is 7.86. The van der Waals surface area contributed by atoms with Crippen LogP contribution in [0.1, 0.15) is 72.6 Å². The summed E-state index contributed by atoms with van der Waals surface area (Å²) >= 11 is 0. The second kappa shape index (κ2) is 15.7. The highest BCUT2D eigenvalue weighted by Gasteiger charge is 2.38. The lowest BCUT2D eigenvalue weighted by atomic mass is 9.99. The first-order valence-electron chi connectivity index (χ1n) is 20.4. The van der Waals surface area contributed by atoms with E-state index < -0.39 is 0 Å². The zero-order valence-electron chi connectivity index (χ0n) is 33.6. The molecule has 0 unspecified atom stereocenters. The van der Waals surface area contributed by atoms with Crippen LogP contribution in [0.5, 0.6) is 0 Å². The molecule has 5 aromatic carbocycles. The number of hydrogen-bond donors (Lipinski definition) is 2. The molecule has 4 heterocycles. The first-order valence-corrected chi connectivity index (χ1v) is 20.4. The minimum atomic E-state index is -0.346. The van der Waals surface area contributed by atoms with Crippen LogP contribution in [0.2, 0.25) is 0 Å². The maximum absolute atomic E-state index is 14.0. The Kier molecular flexibility index (Phi) is 10.1. The van der Waals surface area contributed by atoms with Crippen molar-refractivity contribution in [3.05, 3.63) is 144 Å². The minimum Gasteiger partial charge on any atom is -0.340 e. The van der Waals surface area contributed by atoms with Gasteiger partial charge in [-0.2, -0.15) is 0 Å². The molecule has 0 bridgehead atoms. The Morgan fingerprint density at radius 1 is 0.569 bits per heavy atom. The van der Waals surface area contributed by atoms with Crippen LogP contribution in [0.15, 0.2) is 122 Å². The van der Waals surface area contributed by atoms with Gasteiger partial charge in [0, 0.05) is 24.2 Å². The van der Waals surface area contributed by atoms with Crippen LogP contribution >= 0.6 is 0 Å². The number of amides is 2. The number of aromatic nitrogens is 4. The first kappa shape index (κ1) is 37.5. The Bertz CT molecular complexity index is 2400. The number of likely N-dealkylation sites (N-methyl/N-ethyl adjacent to an activating group) is 2. The third-order valence-corrected chi connectivity index (χ3v) is 12.0. The molecule has 4 atom stereocenters. The summed E-state index contributed by atoms with van der Waals surface area (Å²) in [5.41, 5.74) is 5.98. The fourth-order valence-electron chi connectivity index (χ4n) is 9.18. The number of likely N-dealkylation sites (tertiary alicyclic amines) is 2. The molecular formula is C48H50N8O2. The Hall–Kier alpha value is -6.10. The monoisotopic (exact) mass is 770 g/mol. The Morgan fingerprint density at radius 2 is 0.983 bits per heavy atom. The number of benzene rings is 5. The van der Waals surface area contributed by atoms with E-state index in [2.05, 4.69) is 58.5 Å². The van der Waals surface area contributed by atoms with E-state index >= 15 is 0 Å². The van der Waals surface area contributed by atoms with E-state index in [1.54, 1.807) is 0 Å². The number of H-pyrrole nitrogens is 2. The third kappa shape index (κ3) is 7.07. The molecule has 10 nitrogen and oxygen atoms in total. The number of imidazole rings is 2. The molecule has 10 heteroatoms. The van der Waals surface area contributed by atoms with Crippen molar-refractivity contribution in [3.8, 4) is 22.5 Å². The van der Waals surface area contributed by atoms with Gasteiger partial charge in [0.25, 0.3) is 0 Å². The van der Waals surface area contributed by atoms with Crippen molar-refractivity contribution in [2.45, 2.75) is 49.9 Å². The summed E-state index contributed by atoms with van der Waals surface area (Å²) in [5.74, 6) is 1.87. The Balaban J connectivity index is 0.928. The highest BCUT2D eigenvalue weighted by atomic mass is 16.2. The second-order valence-electron chi connectivity index (χ2n) is 16.3. The van der Waals surface area contributed by atoms with Crippen molar-refractivity contribution in [1.82, 2.24) is 39.5 Å². The van der Waals surface area contributed by atoms with E-state index in [0.717, 1.165) is 106 Å². The number of nitrogens with one attached hydrogen (secondary N) is 2. The Labute approximate surface area is 339 Å². The lowest BCUT2D eigenvalue weighted by molar-refractivity contribution is -0.138. The number of fused-ring (bicyclic) bond motifs is 2. The fourth-order valence-corrected chi connectivity index (χ4v) is 9.18. The summed E-state index contributed by atoms with van der Waals surface area (Å²) in [4.78, 5) is 52.8. The van der Waals surface area contributed by atoms with Gasteiger partial charge in [-0.25, -0.2) is 9.97 Å². The maximum atomic E-state index is 14.0. The van der Waals surface area contributed by atoms with Crippen molar-refractivity contribution >= 4 is 33.4 Å². The number of hydrogen-bond acceptors (Lipinski definition) is 6. The molecule has 0 saturated carbocycles. The predicted molar refractivity (Wildman–Crippen MR) is 230 cm³/mol. The van der Waals surface area contributed by atoms with Crippen molar-refractivity contribution < 1.29 is 9.59 Å². The molecule has 2 aliphatic heterocycles. The van der Waals surface area contributed by atoms with E-state index in [0.29, 0.717) is 0 Å². The van der Waals surface area contributed by atoms with Gasteiger partial charge in [0.1, 0.15) is 23.7 Å². The molecule has 2 amide bonds. The number of nitrogens with zero attached hydrogens (tertiary/aromatic N) is 6. The lowest BCUT2D eigenvalue weighted by Gasteiger charge is -2.31. The van der Waals surface area contributed by atoms with Gasteiger partial charge in [-0.05, 0) is 111 Å². The van der Waals surface area contributed by atoms with Crippen LogP contribution in [-0.2, 0) is 9.59 Å². The molecule has 2 aliphatic rings. The predicted octanol–water partition coefficient (Wildman–Crippen LogP) is 8.71. The van der Waals surface area contributed by atoms with Crippen molar-refractivity contribution in [2.75, 3.05) is 41.3 Å². The quantitative estimate of drug-likeness (QED) is 0.135. The van der Waals surface area contributed by atoms with Crippen molar-refractivity contribution in [2.24, 2.45) is 0 Å². The van der Waals surface area contributed by atoms with Gasteiger partial charge in [-0.3, -0.25) is 19.4 Å². The van der Waals surface area contributed by atoms with E-state index in [1.807, 2.05) is 121 Å². The molecule has 294 valence electrons. The standard InChI is InChI=1S/C48H50N8O2/c1-53(2)43(31-13-7-5-8-14-31)47(57)55-23-11-17-41(55)45-49-29-39(51-45)35-21-19-33-26-38-28-36(22-20-34(38)25-37(33)27-35)40-30-50-46(52-40)42-18-12-24-56(42)48(58)44(54(3)4)32-15-9-6-10-16-32/h5-10,13-16,19-22,25-30,41-44H,11-12,17-18,23-24H2,1-4H3,(H,49,51)(H,50,52)/t41-,42-,43-,44+/m0/s1. The largest absolute Gasteiger partial charge is 0.340 e. The highest BCUT2D eigenvalue weighted by molar-refractivity contribution is 6.01. The average Bonchev–Trinajstić information content (AvgIpc) is 4.07. The van der Waals surface area contributed by atoms with Crippen LogP contribution in [0.3, 0.4) is 0 Å². The fraction of sp³-hybridized carbons (Fsp3) is 0.292. The minimum absolute atomic E-state index is 0.0911. The number of rotatable bonds is 10. The number of aromatic amines is 2. The zero-order chi connectivity index (χ0) is 39.9. The third-order valence-electron chi connectivity index (χ3n) is 12.0. The van der Waals surface area contributed by atoms with Gasteiger partial charge in [0.2, 0.25) is 11.8 Å². The van der Waals surface area contributed by atoms with E-state index in [-0.39, 0.29) is 36.0 Å². The zero-order valence-corrected chi connectivity index (χ0v) is 33.6. The van der Waals surface area contributed by atoms with Crippen LogP contribution in [0, 0.1) is 0 Å². The van der Waals surface area contributed by atoms with Crippen LogP contribution in [0.4, 0.5) is 0 Å². The van der Waals surface area contributed by atoms with Crippen LogP contribution < -0.4 is 0 Å². The molecule has 0 radical (unpaired) electrons. The lowest BCUT2D eigenvalue weighted by Crippen LogP contribution is -2.40. The van der Waals surface area contributed by atoms with Crippen LogP contribution in [0.25, 0.3) is 44.1 Å². The summed E-state index contributed by atoms with van der Waals surface area (Å²) in [6, 6.07) is 36.7. The van der Waals surface area contributed by atoms with Crippen molar-refractivity contribution in [1.29, 1.82) is 0 Å². The molecular weight excluding hydrogens is 721 g/mol. The molecule has 2 saturated heterocycles. The number of carbonyl (C=O) groups excluding carboxylic acids is 2. The molecule has 2 N–H and O–H groups in total. The molecule has 58 heavy (non-hydrogen) atoms. The van der Waals surface area contributed by atoms with Gasteiger partial charge in [0.05, 0.1) is 35.9 Å². The van der Waals surface area contributed by atoms with Gasteiger partial charge >= 0.3 is 0 Å². The van der Waals surface area contributed by atoms with E-state index in [1.165, 1.54) is 0 Å². The molecule has 0 spiro atoms. The van der Waals surface area contributed by atoms with Gasteiger partial charge in [-0.1, -0.05) is 84.9 Å². The SMILES string of the molecule is CN(C)[C@H](C(=O)N1CCC[C@H]1c1ncc(-c2ccc3cc4cc(-c5cnc([C@@H]6CCCN6C(=O)[C@@H](c6ccccc6)N(C)C)[nH]5)ccc4cc3c2)[nH]1)c1ccccc1. The highest BCUT2D eigenvalue weighted by Crippen LogP contribution is 2.38. The summed E-state index contributed by atoms with van der Waals surface area (Å²) in [5, 5.41) is 4.58. The smallest absolute Gasteiger partial charge is 0.245 e. The molecule has 2 aromatic heterocycles. The maximum Gasteiger partial charge on any atom is 0.245 e. The molecule has 9 rings (SSSR count). The van der Waals surface area contributed by atoms with Gasteiger partial charge in [0.15, 0.2) is 0 Å². The number of carbonyl (C=O) groups is 2. The summed E-state index contributed by atoms with van der Waals surface area (Å²) in [6.45, 7) is 1.44. The second-order valence-corrected chi connectivity index (χ2v) is 16.3. The van der Waals surface area contributed by atoms with Crippen LogP contribution in [-0.4, -0.2) is 92.6 Å². The van der Waals surface area contributed by atoms with E-state index in [9.17, 15) is 9.59 Å². The molecule has 0 aliphatic carbocycles. The van der Waals surface area contributed by atoms with E-state index in [4.69, 9.17) is 9.97 Å². The Morgan fingerprint density at radius 3 is 1.38 bits per heavy atom. The summed E-state index contributed by atoms with van der Waals surface area (Å²) in [6.07, 6.45) is 7.44. The average molecular weight is 771 g/mol. The summed E-state index contributed by atoms with van der Waals surface area (Å²) < 4.78 is 0. The van der Waals surface area contributed by atoms with Gasteiger partial charge < -0.3 is 19.8 Å². The first-order chi connectivity index (χ1) is 28.2.